The van der Waals surface area contributed by atoms with Gasteiger partial charge < -0.3 is 5.32 Å². The van der Waals surface area contributed by atoms with E-state index >= 15 is 0 Å². The van der Waals surface area contributed by atoms with E-state index in [-0.39, 0.29) is 5.54 Å². The van der Waals surface area contributed by atoms with Crippen LogP contribution in [-0.4, -0.2) is 15.7 Å². The van der Waals surface area contributed by atoms with E-state index in [2.05, 4.69) is 63.7 Å². The molecule has 3 nitrogen and oxygen atoms in total. The van der Waals surface area contributed by atoms with Crippen molar-refractivity contribution in [1.29, 1.82) is 0 Å². The van der Waals surface area contributed by atoms with Crippen molar-refractivity contribution in [2.45, 2.75) is 26.3 Å². The van der Waals surface area contributed by atoms with Crippen LogP contribution in [0.25, 0.3) is 10.6 Å². The van der Waals surface area contributed by atoms with Crippen molar-refractivity contribution in [1.82, 2.24) is 10.2 Å². The summed E-state index contributed by atoms with van der Waals surface area (Å²) in [6.07, 6.45) is 0. The highest BCUT2D eigenvalue weighted by Gasteiger charge is 2.12. The molecule has 0 aliphatic carbocycles. The van der Waals surface area contributed by atoms with E-state index in [9.17, 15) is 0 Å². The monoisotopic (exact) mass is 299 g/mol. The summed E-state index contributed by atoms with van der Waals surface area (Å²) >= 11 is 5.13. The normalized spacial score (nSPS) is 11.8. The zero-order valence-corrected chi connectivity index (χ0v) is 11.9. The molecule has 2 aromatic heterocycles. The first-order valence-corrected chi connectivity index (χ1v) is 6.69. The smallest absolute Gasteiger partial charge is 0.148 e. The van der Waals surface area contributed by atoms with Gasteiger partial charge in [-0.3, -0.25) is 5.10 Å². The van der Waals surface area contributed by atoms with Gasteiger partial charge in [-0.15, -0.1) is 11.3 Å². The number of H-pyrrole nitrogens is 1. The Morgan fingerprint density at radius 2 is 2.12 bits per heavy atom. The lowest BCUT2D eigenvalue weighted by Crippen LogP contribution is -2.26. The second-order valence-corrected chi connectivity index (χ2v) is 6.50. The summed E-state index contributed by atoms with van der Waals surface area (Å²) in [5, 5.41) is 12.7. The number of rotatable bonds is 2. The van der Waals surface area contributed by atoms with Crippen molar-refractivity contribution >= 4 is 33.1 Å². The standard InChI is InChI=1S/C11H14BrN3S/c1-11(2,3)13-10-5-8(14-15-10)9-4-7(12)6-16-9/h4-6H,1-3H3,(H2,13,14,15). The minimum atomic E-state index is 0.0303. The molecule has 0 bridgehead atoms. The molecular formula is C11H14BrN3S. The van der Waals surface area contributed by atoms with Gasteiger partial charge in [0.25, 0.3) is 0 Å². The van der Waals surface area contributed by atoms with Crippen LogP contribution in [0.5, 0.6) is 0 Å². The van der Waals surface area contributed by atoms with E-state index in [0.29, 0.717) is 0 Å². The lowest BCUT2D eigenvalue weighted by Gasteiger charge is -2.19. The number of aromatic amines is 1. The average molecular weight is 300 g/mol. The van der Waals surface area contributed by atoms with Gasteiger partial charge in [0.2, 0.25) is 0 Å². The molecule has 0 aliphatic rings. The van der Waals surface area contributed by atoms with Gasteiger partial charge in [0, 0.05) is 21.5 Å². The molecule has 16 heavy (non-hydrogen) atoms. The number of anilines is 1. The molecule has 86 valence electrons. The predicted octanol–water partition coefficient (Wildman–Crippen LogP) is 4.11. The Kier molecular flexibility index (Phi) is 3.08. The Labute approximate surface area is 107 Å². The molecule has 0 aromatic carbocycles. The van der Waals surface area contributed by atoms with E-state index in [1.165, 1.54) is 4.88 Å². The second kappa shape index (κ2) is 4.22. The summed E-state index contributed by atoms with van der Waals surface area (Å²) in [7, 11) is 0. The first kappa shape index (κ1) is 11.7. The first-order valence-electron chi connectivity index (χ1n) is 5.02. The van der Waals surface area contributed by atoms with Crippen LogP contribution >= 0.6 is 27.3 Å². The van der Waals surface area contributed by atoms with Gasteiger partial charge in [-0.25, -0.2) is 0 Å². The fourth-order valence-corrected chi connectivity index (χ4v) is 2.75. The summed E-state index contributed by atoms with van der Waals surface area (Å²) in [4.78, 5) is 1.18. The molecule has 2 heterocycles. The maximum Gasteiger partial charge on any atom is 0.148 e. The molecule has 0 fully saturated rings. The van der Waals surface area contributed by atoms with Crippen molar-refractivity contribution in [3.05, 3.63) is 22.0 Å². The van der Waals surface area contributed by atoms with Crippen molar-refractivity contribution < 1.29 is 0 Å². The molecule has 0 aliphatic heterocycles. The summed E-state index contributed by atoms with van der Waals surface area (Å²) in [5.74, 6) is 0.882. The quantitative estimate of drug-likeness (QED) is 0.876. The number of hydrogen-bond donors (Lipinski definition) is 2. The summed E-state index contributed by atoms with van der Waals surface area (Å²) < 4.78 is 1.10. The summed E-state index contributed by atoms with van der Waals surface area (Å²) in [6.45, 7) is 6.34. The van der Waals surface area contributed by atoms with Crippen molar-refractivity contribution in [3.8, 4) is 10.6 Å². The first-order chi connectivity index (χ1) is 7.44. The number of halogens is 1. The van der Waals surface area contributed by atoms with E-state index in [1.807, 2.05) is 6.07 Å². The minimum Gasteiger partial charge on any atom is -0.364 e. The largest absolute Gasteiger partial charge is 0.364 e. The second-order valence-electron chi connectivity index (χ2n) is 4.67. The van der Waals surface area contributed by atoms with E-state index in [4.69, 9.17) is 0 Å². The molecule has 5 heteroatoms. The molecule has 0 saturated heterocycles. The molecule has 2 rings (SSSR count). The SMILES string of the molecule is CC(C)(C)Nc1cc(-c2cc(Br)cs2)[nH]n1. The Balaban J connectivity index is 2.20. The van der Waals surface area contributed by atoms with Crippen LogP contribution in [0.4, 0.5) is 5.82 Å². The molecule has 0 amide bonds. The summed E-state index contributed by atoms with van der Waals surface area (Å²) in [6, 6.07) is 4.11. The Morgan fingerprint density at radius 3 is 2.69 bits per heavy atom. The third kappa shape index (κ3) is 2.86. The minimum absolute atomic E-state index is 0.0303. The maximum absolute atomic E-state index is 4.24. The molecular weight excluding hydrogens is 286 g/mol. The van der Waals surface area contributed by atoms with Crippen LogP contribution in [0, 0.1) is 0 Å². The van der Waals surface area contributed by atoms with Crippen molar-refractivity contribution in [2.24, 2.45) is 0 Å². The van der Waals surface area contributed by atoms with Crippen LogP contribution in [0.2, 0.25) is 0 Å². The molecule has 0 atom stereocenters. The highest BCUT2D eigenvalue weighted by Crippen LogP contribution is 2.29. The molecule has 0 radical (unpaired) electrons. The molecule has 2 aromatic rings. The number of thiophene rings is 1. The fourth-order valence-electron chi connectivity index (χ4n) is 1.35. The van der Waals surface area contributed by atoms with E-state index in [0.717, 1.165) is 16.0 Å². The van der Waals surface area contributed by atoms with Gasteiger partial charge in [-0.2, -0.15) is 5.10 Å². The molecule has 0 spiro atoms. The summed E-state index contributed by atoms with van der Waals surface area (Å²) in [5.41, 5.74) is 1.07. The number of nitrogens with zero attached hydrogens (tertiary/aromatic N) is 1. The van der Waals surface area contributed by atoms with Gasteiger partial charge >= 0.3 is 0 Å². The van der Waals surface area contributed by atoms with Crippen LogP contribution in [0.1, 0.15) is 20.8 Å². The topological polar surface area (TPSA) is 40.7 Å². The van der Waals surface area contributed by atoms with E-state index in [1.54, 1.807) is 11.3 Å². The average Bonchev–Trinajstić information content (AvgIpc) is 2.71. The van der Waals surface area contributed by atoms with Gasteiger partial charge in [0.05, 0.1) is 10.6 Å². The lowest BCUT2D eigenvalue weighted by atomic mass is 10.1. The third-order valence-corrected chi connectivity index (χ3v) is 3.64. The fraction of sp³-hybridized carbons (Fsp3) is 0.364. The van der Waals surface area contributed by atoms with Gasteiger partial charge in [-0.05, 0) is 42.8 Å². The van der Waals surface area contributed by atoms with E-state index < -0.39 is 0 Å². The van der Waals surface area contributed by atoms with Crippen LogP contribution < -0.4 is 5.32 Å². The predicted molar refractivity (Wildman–Crippen MR) is 73.0 cm³/mol. The van der Waals surface area contributed by atoms with Gasteiger partial charge in [-0.1, -0.05) is 0 Å². The van der Waals surface area contributed by atoms with Crippen LogP contribution in [-0.2, 0) is 0 Å². The zero-order chi connectivity index (χ0) is 11.8. The molecule has 0 unspecified atom stereocenters. The highest BCUT2D eigenvalue weighted by atomic mass is 79.9. The number of aromatic nitrogens is 2. The van der Waals surface area contributed by atoms with Crippen molar-refractivity contribution in [2.75, 3.05) is 5.32 Å². The number of hydrogen-bond acceptors (Lipinski definition) is 3. The Morgan fingerprint density at radius 1 is 1.38 bits per heavy atom. The Bertz CT molecular complexity index is 481. The third-order valence-electron chi connectivity index (χ3n) is 1.91. The van der Waals surface area contributed by atoms with Crippen molar-refractivity contribution in [3.63, 3.8) is 0 Å². The highest BCUT2D eigenvalue weighted by molar-refractivity contribution is 9.10. The Hall–Kier alpha value is -0.810. The molecule has 0 saturated carbocycles. The maximum atomic E-state index is 4.24. The number of nitrogens with one attached hydrogen (secondary N) is 2. The van der Waals surface area contributed by atoms with Crippen LogP contribution in [0.15, 0.2) is 22.0 Å². The zero-order valence-electron chi connectivity index (χ0n) is 9.47. The van der Waals surface area contributed by atoms with Gasteiger partial charge in [0.15, 0.2) is 0 Å². The van der Waals surface area contributed by atoms with Gasteiger partial charge in [0.1, 0.15) is 5.82 Å². The van der Waals surface area contributed by atoms with Crippen LogP contribution in [0.3, 0.4) is 0 Å². The molecule has 2 N–H and O–H groups in total. The lowest BCUT2D eigenvalue weighted by molar-refractivity contribution is 0.630.